The zero-order valence-corrected chi connectivity index (χ0v) is 12.5. The fourth-order valence-electron chi connectivity index (χ4n) is 0.970. The number of carboxylic acids is 1. The average molecular weight is 399 g/mol. The Hall–Kier alpha value is -0.130. The number of hydrogen-bond acceptors (Lipinski definition) is 1. The largest absolute Gasteiger partial charge is 0.478 e. The van der Waals surface area contributed by atoms with Crippen molar-refractivity contribution in [1.29, 1.82) is 0 Å². The summed E-state index contributed by atoms with van der Waals surface area (Å²) in [5.74, 6) is -0.920. The van der Waals surface area contributed by atoms with Crippen LogP contribution in [0, 0.1) is 0 Å². The number of hydrogen-bond donors (Lipinski definition) is 1. The molecule has 5 heteroatoms. The third-order valence-corrected chi connectivity index (χ3v) is 3.51. The molecular weight excluding hydrogens is 392 g/mol. The van der Waals surface area contributed by atoms with Gasteiger partial charge in [0.1, 0.15) is 0 Å². The van der Waals surface area contributed by atoms with Gasteiger partial charge in [-0.1, -0.05) is 47.8 Å². The van der Waals surface area contributed by atoms with Crippen LogP contribution in [-0.4, -0.2) is 11.1 Å². The highest BCUT2D eigenvalue weighted by molar-refractivity contribution is 9.11. The third-order valence-electron chi connectivity index (χ3n) is 1.74. The summed E-state index contributed by atoms with van der Waals surface area (Å²) in [6.07, 6.45) is 1.61. The van der Waals surface area contributed by atoms with Crippen molar-refractivity contribution in [2.45, 2.75) is 6.92 Å². The lowest BCUT2D eigenvalue weighted by Crippen LogP contribution is -1.96. The molecule has 0 amide bonds. The molecule has 0 fully saturated rings. The van der Waals surface area contributed by atoms with Gasteiger partial charge in [0.15, 0.2) is 0 Å². The van der Waals surface area contributed by atoms with E-state index in [0.717, 1.165) is 19.0 Å². The number of rotatable bonds is 2. The number of aliphatic carboxylic acids is 1. The zero-order chi connectivity index (χ0) is 11.6. The number of carboxylic acid groups (broad SMARTS) is 1. The molecule has 0 spiro atoms. The quantitative estimate of drug-likeness (QED) is 0.747. The minimum absolute atomic E-state index is 0.290. The zero-order valence-electron chi connectivity index (χ0n) is 7.72. The van der Waals surface area contributed by atoms with E-state index in [4.69, 9.17) is 5.11 Å². The molecule has 2 nitrogen and oxygen atoms in total. The molecule has 0 radical (unpaired) electrons. The SMILES string of the molecule is C/C(=C\c1c(Br)cc(Br)cc1Br)C(=O)O. The summed E-state index contributed by atoms with van der Waals surface area (Å²) in [5.41, 5.74) is 1.11. The normalized spacial score (nSPS) is 11.6. The maximum absolute atomic E-state index is 10.7. The Bertz CT molecular complexity index is 415. The Labute approximate surface area is 113 Å². The van der Waals surface area contributed by atoms with Crippen LogP contribution >= 0.6 is 47.8 Å². The number of halogens is 3. The Morgan fingerprint density at radius 3 is 2.13 bits per heavy atom. The molecule has 0 saturated heterocycles. The van der Waals surface area contributed by atoms with Gasteiger partial charge in [0, 0.05) is 24.6 Å². The fraction of sp³-hybridized carbons (Fsp3) is 0.100. The van der Waals surface area contributed by atoms with Gasteiger partial charge in [-0.3, -0.25) is 0 Å². The second-order valence-corrected chi connectivity index (χ2v) is 5.54. The molecule has 0 aromatic heterocycles. The van der Waals surface area contributed by atoms with Crippen LogP contribution in [0.5, 0.6) is 0 Å². The molecule has 80 valence electrons. The Balaban J connectivity index is 3.27. The first-order valence-corrected chi connectivity index (χ1v) is 6.36. The van der Waals surface area contributed by atoms with E-state index >= 15 is 0 Å². The van der Waals surface area contributed by atoms with E-state index in [9.17, 15) is 4.79 Å². The Morgan fingerprint density at radius 2 is 1.73 bits per heavy atom. The summed E-state index contributed by atoms with van der Waals surface area (Å²) in [7, 11) is 0. The summed E-state index contributed by atoms with van der Waals surface area (Å²) >= 11 is 10.1. The van der Waals surface area contributed by atoms with Gasteiger partial charge in [-0.2, -0.15) is 0 Å². The first-order valence-electron chi connectivity index (χ1n) is 3.98. The van der Waals surface area contributed by atoms with E-state index in [1.54, 1.807) is 13.0 Å². The van der Waals surface area contributed by atoms with Gasteiger partial charge in [-0.05, 0) is 25.1 Å². The molecule has 1 aromatic rings. The maximum Gasteiger partial charge on any atom is 0.331 e. The number of carbonyl (C=O) groups is 1. The highest BCUT2D eigenvalue weighted by atomic mass is 79.9. The van der Waals surface area contributed by atoms with E-state index < -0.39 is 5.97 Å². The maximum atomic E-state index is 10.7. The summed E-state index contributed by atoms with van der Waals surface area (Å²) in [6.45, 7) is 1.56. The van der Waals surface area contributed by atoms with Gasteiger partial charge in [0.05, 0.1) is 0 Å². The molecular formula is C10H7Br3O2. The average Bonchev–Trinajstić information content (AvgIpc) is 2.10. The molecule has 0 bridgehead atoms. The van der Waals surface area contributed by atoms with Crippen molar-refractivity contribution in [3.8, 4) is 0 Å². The van der Waals surface area contributed by atoms with Crippen molar-refractivity contribution in [3.63, 3.8) is 0 Å². The van der Waals surface area contributed by atoms with Crippen molar-refractivity contribution in [2.75, 3.05) is 0 Å². The topological polar surface area (TPSA) is 37.3 Å². The highest BCUT2D eigenvalue weighted by Gasteiger charge is 2.07. The fourth-order valence-corrected chi connectivity index (χ4v) is 3.46. The van der Waals surface area contributed by atoms with Gasteiger partial charge in [-0.25, -0.2) is 4.79 Å². The minimum atomic E-state index is -0.920. The van der Waals surface area contributed by atoms with E-state index in [0.29, 0.717) is 5.57 Å². The van der Waals surface area contributed by atoms with Crippen molar-refractivity contribution >= 4 is 59.8 Å². The van der Waals surface area contributed by atoms with Crippen LogP contribution in [0.15, 0.2) is 31.1 Å². The van der Waals surface area contributed by atoms with Gasteiger partial charge in [0.25, 0.3) is 0 Å². The van der Waals surface area contributed by atoms with Gasteiger partial charge in [-0.15, -0.1) is 0 Å². The lowest BCUT2D eigenvalue weighted by molar-refractivity contribution is -0.132. The van der Waals surface area contributed by atoms with E-state index in [-0.39, 0.29) is 0 Å². The molecule has 15 heavy (non-hydrogen) atoms. The van der Waals surface area contributed by atoms with Crippen LogP contribution < -0.4 is 0 Å². The standard InChI is InChI=1S/C10H7Br3O2/c1-5(10(14)15)2-7-8(12)3-6(11)4-9(7)13/h2-4H,1H3,(H,14,15)/b5-2+. The molecule has 0 saturated carbocycles. The minimum Gasteiger partial charge on any atom is -0.478 e. The summed E-state index contributed by atoms with van der Waals surface area (Å²) in [6, 6.07) is 3.73. The highest BCUT2D eigenvalue weighted by Crippen LogP contribution is 2.31. The van der Waals surface area contributed by atoms with Crippen LogP contribution in [0.1, 0.15) is 12.5 Å². The molecule has 1 aromatic carbocycles. The molecule has 0 aliphatic rings. The predicted octanol–water partition coefficient (Wildman–Crippen LogP) is 4.46. The third kappa shape index (κ3) is 3.43. The monoisotopic (exact) mass is 396 g/mol. The molecule has 1 N–H and O–H groups in total. The van der Waals surface area contributed by atoms with Crippen LogP contribution in [0.2, 0.25) is 0 Å². The first-order chi connectivity index (χ1) is 6.91. The van der Waals surface area contributed by atoms with E-state index in [1.165, 1.54) is 0 Å². The van der Waals surface area contributed by atoms with E-state index in [1.807, 2.05) is 12.1 Å². The van der Waals surface area contributed by atoms with Crippen molar-refractivity contribution in [3.05, 3.63) is 36.7 Å². The second-order valence-electron chi connectivity index (χ2n) is 2.92. The lowest BCUT2D eigenvalue weighted by Gasteiger charge is -2.04. The Morgan fingerprint density at radius 1 is 1.27 bits per heavy atom. The van der Waals surface area contributed by atoms with Crippen molar-refractivity contribution < 1.29 is 9.90 Å². The first kappa shape index (κ1) is 12.9. The summed E-state index contributed by atoms with van der Waals surface area (Å²) in [5, 5.41) is 8.77. The number of benzene rings is 1. The molecule has 0 unspecified atom stereocenters. The summed E-state index contributed by atoms with van der Waals surface area (Å²) in [4.78, 5) is 10.7. The smallest absolute Gasteiger partial charge is 0.331 e. The Kier molecular flexibility index (Phi) is 4.55. The van der Waals surface area contributed by atoms with Crippen LogP contribution in [-0.2, 0) is 4.79 Å². The van der Waals surface area contributed by atoms with Crippen LogP contribution in [0.3, 0.4) is 0 Å². The van der Waals surface area contributed by atoms with Crippen molar-refractivity contribution in [1.82, 2.24) is 0 Å². The molecule has 0 aliphatic heterocycles. The van der Waals surface area contributed by atoms with E-state index in [2.05, 4.69) is 47.8 Å². The van der Waals surface area contributed by atoms with Gasteiger partial charge < -0.3 is 5.11 Å². The molecule has 0 heterocycles. The van der Waals surface area contributed by atoms with Crippen molar-refractivity contribution in [2.24, 2.45) is 0 Å². The van der Waals surface area contributed by atoms with Gasteiger partial charge in [0.2, 0.25) is 0 Å². The molecule has 0 atom stereocenters. The van der Waals surface area contributed by atoms with Crippen LogP contribution in [0.4, 0.5) is 0 Å². The second kappa shape index (κ2) is 5.27. The molecule has 1 rings (SSSR count). The summed E-state index contributed by atoms with van der Waals surface area (Å²) < 4.78 is 2.60. The predicted molar refractivity (Wildman–Crippen MR) is 70.8 cm³/mol. The molecule has 0 aliphatic carbocycles. The van der Waals surface area contributed by atoms with Crippen LogP contribution in [0.25, 0.3) is 6.08 Å². The van der Waals surface area contributed by atoms with Gasteiger partial charge >= 0.3 is 5.97 Å². The lowest BCUT2D eigenvalue weighted by atomic mass is 10.1.